The van der Waals surface area contributed by atoms with Crippen molar-refractivity contribution in [3.8, 4) is 0 Å². The summed E-state index contributed by atoms with van der Waals surface area (Å²) in [5.41, 5.74) is -0.0719. The average molecular weight is 405 g/mol. The molecule has 4 fully saturated rings. The zero-order chi connectivity index (χ0) is 21.0. The maximum absolute atomic E-state index is 11.6. The highest BCUT2D eigenvalue weighted by atomic mass is 16.3. The van der Waals surface area contributed by atoms with Crippen molar-refractivity contribution >= 4 is 0 Å². The van der Waals surface area contributed by atoms with E-state index >= 15 is 0 Å². The third-order valence-corrected chi connectivity index (χ3v) is 11.0. The molecule has 4 aliphatic carbocycles. The fourth-order valence-electron chi connectivity index (χ4n) is 9.25. The van der Waals surface area contributed by atoms with Crippen molar-refractivity contribution in [3.05, 3.63) is 0 Å². The first-order chi connectivity index (χ1) is 13.6. The Morgan fingerprint density at radius 1 is 0.862 bits per heavy atom. The molecule has 0 unspecified atom stereocenters. The van der Waals surface area contributed by atoms with Crippen LogP contribution in [0.3, 0.4) is 0 Å². The van der Waals surface area contributed by atoms with Crippen LogP contribution >= 0.6 is 0 Å². The second kappa shape index (κ2) is 7.80. The van der Waals surface area contributed by atoms with Crippen molar-refractivity contribution in [2.45, 2.75) is 123 Å². The van der Waals surface area contributed by atoms with E-state index in [2.05, 4.69) is 34.6 Å². The van der Waals surface area contributed by atoms with E-state index in [1.165, 1.54) is 51.4 Å². The summed E-state index contributed by atoms with van der Waals surface area (Å²) in [5.74, 6) is 4.94. The first-order valence-corrected chi connectivity index (χ1v) is 13.0. The van der Waals surface area contributed by atoms with Gasteiger partial charge in [-0.3, -0.25) is 0 Å². The molecule has 0 radical (unpaired) electrons. The quantitative estimate of drug-likeness (QED) is 0.543. The Morgan fingerprint density at radius 3 is 2.34 bits per heavy atom. The average Bonchev–Trinajstić information content (AvgIpc) is 2.99. The van der Waals surface area contributed by atoms with E-state index in [1.807, 2.05) is 0 Å². The summed E-state index contributed by atoms with van der Waals surface area (Å²) >= 11 is 0. The lowest BCUT2D eigenvalue weighted by molar-refractivity contribution is -0.220. The Hall–Kier alpha value is -0.0800. The van der Waals surface area contributed by atoms with Crippen LogP contribution in [0.15, 0.2) is 0 Å². The lowest BCUT2D eigenvalue weighted by Crippen LogP contribution is -2.62. The van der Waals surface area contributed by atoms with Gasteiger partial charge in [0.15, 0.2) is 0 Å². The van der Waals surface area contributed by atoms with Crippen LogP contribution in [0.5, 0.6) is 0 Å². The summed E-state index contributed by atoms with van der Waals surface area (Å²) in [6.07, 6.45) is 14.1. The molecule has 2 heteroatoms. The summed E-state index contributed by atoms with van der Waals surface area (Å²) in [5, 5.41) is 21.8. The van der Waals surface area contributed by atoms with Gasteiger partial charge >= 0.3 is 0 Å². The molecule has 2 nitrogen and oxygen atoms in total. The lowest BCUT2D eigenvalue weighted by Gasteiger charge is -2.64. The predicted molar refractivity (Wildman–Crippen MR) is 121 cm³/mol. The number of aliphatic hydroxyl groups is 2. The Labute approximate surface area is 180 Å². The molecule has 0 saturated heterocycles. The summed E-state index contributed by atoms with van der Waals surface area (Å²) in [6, 6.07) is 0. The molecule has 0 aliphatic heterocycles. The zero-order valence-electron chi connectivity index (χ0n) is 19.9. The second-order valence-electron chi connectivity index (χ2n) is 12.8. The van der Waals surface area contributed by atoms with E-state index in [-0.39, 0.29) is 11.5 Å². The van der Waals surface area contributed by atoms with Gasteiger partial charge in [0.2, 0.25) is 0 Å². The molecule has 0 spiro atoms. The maximum Gasteiger partial charge on any atom is 0.0728 e. The van der Waals surface area contributed by atoms with Crippen molar-refractivity contribution < 1.29 is 10.2 Å². The van der Waals surface area contributed by atoms with Crippen LogP contribution in [0.4, 0.5) is 0 Å². The second-order valence-corrected chi connectivity index (χ2v) is 12.8. The van der Waals surface area contributed by atoms with Gasteiger partial charge in [-0.2, -0.15) is 0 Å². The SMILES string of the molecule is CC(C)CCC[C@@H](C)[C@@H]1CC[C@@H]2[C@@H]3CC[C@@]4(O)C[C@H](O)CC[C@]4(C)[C@@H]3CC[C@]21C. The smallest absolute Gasteiger partial charge is 0.0728 e. The van der Waals surface area contributed by atoms with E-state index in [4.69, 9.17) is 0 Å². The van der Waals surface area contributed by atoms with Crippen molar-refractivity contribution in [1.29, 1.82) is 0 Å². The number of rotatable bonds is 5. The minimum absolute atomic E-state index is 0.0252. The van der Waals surface area contributed by atoms with E-state index < -0.39 is 5.60 Å². The molecule has 0 aromatic heterocycles. The first kappa shape index (κ1) is 22.1. The first-order valence-electron chi connectivity index (χ1n) is 13.0. The van der Waals surface area contributed by atoms with Crippen LogP contribution in [-0.4, -0.2) is 21.9 Å². The zero-order valence-corrected chi connectivity index (χ0v) is 19.9. The lowest BCUT2D eigenvalue weighted by atomic mass is 9.43. The highest BCUT2D eigenvalue weighted by molar-refractivity contribution is 5.14. The van der Waals surface area contributed by atoms with Gasteiger partial charge in [-0.05, 0) is 97.7 Å². The highest BCUT2D eigenvalue weighted by Crippen LogP contribution is 2.69. The highest BCUT2D eigenvalue weighted by Gasteiger charge is 2.64. The van der Waals surface area contributed by atoms with E-state index in [1.54, 1.807) is 0 Å². The molecule has 29 heavy (non-hydrogen) atoms. The van der Waals surface area contributed by atoms with Gasteiger partial charge in [0.25, 0.3) is 0 Å². The van der Waals surface area contributed by atoms with Gasteiger partial charge in [0.05, 0.1) is 11.7 Å². The van der Waals surface area contributed by atoms with Crippen molar-refractivity contribution in [1.82, 2.24) is 0 Å². The van der Waals surface area contributed by atoms with Gasteiger partial charge in [-0.25, -0.2) is 0 Å². The van der Waals surface area contributed by atoms with Gasteiger partial charge < -0.3 is 10.2 Å². The van der Waals surface area contributed by atoms with Crippen molar-refractivity contribution in [2.75, 3.05) is 0 Å². The van der Waals surface area contributed by atoms with E-state index in [0.717, 1.165) is 48.9 Å². The number of hydrogen-bond acceptors (Lipinski definition) is 2. The molecule has 0 aromatic carbocycles. The molecule has 168 valence electrons. The van der Waals surface area contributed by atoms with Crippen LogP contribution in [-0.2, 0) is 0 Å². The monoisotopic (exact) mass is 404 g/mol. The number of fused-ring (bicyclic) bond motifs is 5. The van der Waals surface area contributed by atoms with Gasteiger partial charge in [0, 0.05) is 6.42 Å². The molecule has 0 amide bonds. The van der Waals surface area contributed by atoms with Crippen LogP contribution < -0.4 is 0 Å². The molecule has 4 aliphatic rings. The molecule has 0 heterocycles. The van der Waals surface area contributed by atoms with E-state index in [0.29, 0.717) is 17.8 Å². The van der Waals surface area contributed by atoms with Crippen LogP contribution in [0.25, 0.3) is 0 Å². The van der Waals surface area contributed by atoms with E-state index in [9.17, 15) is 10.2 Å². The van der Waals surface area contributed by atoms with Gasteiger partial charge in [0.1, 0.15) is 0 Å². The summed E-state index contributed by atoms with van der Waals surface area (Å²) in [6.45, 7) is 12.3. The molecule has 2 N–H and O–H groups in total. The number of hydrogen-bond donors (Lipinski definition) is 2. The fraction of sp³-hybridized carbons (Fsp3) is 1.00. The summed E-state index contributed by atoms with van der Waals surface area (Å²) < 4.78 is 0. The molecule has 0 bridgehead atoms. The summed E-state index contributed by atoms with van der Waals surface area (Å²) in [4.78, 5) is 0. The standard InChI is InChI=1S/C27H48O2/c1-18(2)7-6-8-19(3)22-9-10-23-21-12-16-27(29)17-20(28)11-15-26(27,5)24(21)13-14-25(22,23)4/h18-24,28-29H,6-17H2,1-5H3/t19-,20-,21+,22+,23-,24-,25+,26-,27-/m1/s1. The van der Waals surface area contributed by atoms with Crippen LogP contribution in [0, 0.1) is 46.3 Å². The van der Waals surface area contributed by atoms with Crippen LogP contribution in [0.1, 0.15) is 112 Å². The molecular formula is C27H48O2. The Morgan fingerprint density at radius 2 is 1.62 bits per heavy atom. The molecule has 0 aromatic rings. The topological polar surface area (TPSA) is 40.5 Å². The maximum atomic E-state index is 11.6. The van der Waals surface area contributed by atoms with Gasteiger partial charge in [-0.15, -0.1) is 0 Å². The minimum atomic E-state index is -0.623. The predicted octanol–water partition coefficient (Wildman–Crippen LogP) is 6.58. The van der Waals surface area contributed by atoms with Crippen molar-refractivity contribution in [3.63, 3.8) is 0 Å². The molecule has 9 atom stereocenters. The third kappa shape index (κ3) is 3.53. The molecular weight excluding hydrogens is 356 g/mol. The largest absolute Gasteiger partial charge is 0.393 e. The van der Waals surface area contributed by atoms with Gasteiger partial charge in [-0.1, -0.05) is 53.9 Å². The normalized spacial score (nSPS) is 50.7. The third-order valence-electron chi connectivity index (χ3n) is 11.0. The number of aliphatic hydroxyl groups excluding tert-OH is 1. The Kier molecular flexibility index (Phi) is 5.95. The molecule has 4 saturated carbocycles. The Balaban J connectivity index is 1.49. The van der Waals surface area contributed by atoms with Crippen LogP contribution in [0.2, 0.25) is 0 Å². The molecule has 4 rings (SSSR count). The Bertz CT molecular complexity index is 587. The fourth-order valence-corrected chi connectivity index (χ4v) is 9.25. The van der Waals surface area contributed by atoms with Crippen molar-refractivity contribution in [2.24, 2.45) is 46.3 Å². The summed E-state index contributed by atoms with van der Waals surface area (Å²) in [7, 11) is 0. The minimum Gasteiger partial charge on any atom is -0.393 e.